The summed E-state index contributed by atoms with van der Waals surface area (Å²) in [4.78, 5) is 15.8. The van der Waals surface area contributed by atoms with Crippen LogP contribution in [0.2, 0.25) is 0 Å². The van der Waals surface area contributed by atoms with Gasteiger partial charge in [0, 0.05) is 18.6 Å². The molecular weight excluding hydrogens is 383 g/mol. The normalized spacial score (nSPS) is 12.4. The van der Waals surface area contributed by atoms with E-state index in [1.807, 2.05) is 62.4 Å². The predicted octanol–water partition coefficient (Wildman–Crippen LogP) is 4.53. The van der Waals surface area contributed by atoms with Crippen molar-refractivity contribution < 1.29 is 22.7 Å². The Hall–Kier alpha value is -1.96. The van der Waals surface area contributed by atoms with Gasteiger partial charge in [-0.05, 0) is 58.0 Å². The molecule has 0 bridgehead atoms. The van der Waals surface area contributed by atoms with Crippen molar-refractivity contribution in [3.8, 4) is 5.75 Å². The van der Waals surface area contributed by atoms with Crippen LogP contribution in [0.25, 0.3) is 0 Å². The fourth-order valence-corrected chi connectivity index (χ4v) is 2.42. The van der Waals surface area contributed by atoms with E-state index in [4.69, 9.17) is 4.74 Å². The minimum atomic E-state index is -4.45. The molecule has 166 valence electrons. The van der Waals surface area contributed by atoms with Crippen LogP contribution in [-0.2, 0) is 6.54 Å². The van der Waals surface area contributed by atoms with E-state index in [9.17, 15) is 18.0 Å². The number of likely N-dealkylation sites (N-methyl/N-ethyl adjacent to an activating group) is 1. The van der Waals surface area contributed by atoms with Crippen LogP contribution in [0.1, 0.15) is 39.7 Å². The number of carbonyl (C=O) groups excluding carboxylic acids is 1. The second kappa shape index (κ2) is 10.7. The van der Waals surface area contributed by atoms with Gasteiger partial charge in [0.1, 0.15) is 12.3 Å². The summed E-state index contributed by atoms with van der Waals surface area (Å²) in [6.45, 7) is 7.86. The summed E-state index contributed by atoms with van der Waals surface area (Å²) in [7, 11) is 3.74. The number of rotatable bonds is 10. The number of nitrogens with one attached hydrogen (secondary N) is 1. The summed E-state index contributed by atoms with van der Waals surface area (Å²) in [6, 6.07) is 6.56. The molecule has 8 heteroatoms. The lowest BCUT2D eigenvalue weighted by Gasteiger charge is -2.37. The largest absolute Gasteiger partial charge is 0.494 e. The molecule has 0 atom stereocenters. The molecular formula is C21H34F3N3O2. The van der Waals surface area contributed by atoms with Gasteiger partial charge in [-0.3, -0.25) is 0 Å². The Balaban J connectivity index is 2.83. The zero-order valence-corrected chi connectivity index (χ0v) is 18.3. The minimum absolute atomic E-state index is 0.202. The molecule has 0 radical (unpaired) electrons. The molecule has 0 unspecified atom stereocenters. The van der Waals surface area contributed by atoms with Crippen LogP contribution < -0.4 is 10.1 Å². The van der Waals surface area contributed by atoms with Crippen molar-refractivity contribution in [2.45, 2.75) is 52.4 Å². The van der Waals surface area contributed by atoms with E-state index in [0.717, 1.165) is 17.7 Å². The van der Waals surface area contributed by atoms with Crippen molar-refractivity contribution in [3.63, 3.8) is 0 Å². The number of alkyl halides is 3. The van der Waals surface area contributed by atoms with Crippen LogP contribution in [0.4, 0.5) is 18.0 Å². The summed E-state index contributed by atoms with van der Waals surface area (Å²) in [6.07, 6.45) is -3.50. The van der Waals surface area contributed by atoms with Gasteiger partial charge in [-0.1, -0.05) is 26.0 Å². The molecule has 1 aromatic rings. The first-order chi connectivity index (χ1) is 13.3. The SMILES string of the molecule is CC(C)CCOc1ccc(CN(CC(C)(C)N(C)C)C(=O)NCC(F)(F)F)cc1. The van der Waals surface area contributed by atoms with Gasteiger partial charge in [0.05, 0.1) is 6.61 Å². The maximum absolute atomic E-state index is 12.5. The van der Waals surface area contributed by atoms with E-state index in [2.05, 4.69) is 13.8 Å². The van der Waals surface area contributed by atoms with E-state index >= 15 is 0 Å². The van der Waals surface area contributed by atoms with Crippen molar-refractivity contribution in [2.24, 2.45) is 5.92 Å². The lowest BCUT2D eigenvalue weighted by atomic mass is 10.0. The molecule has 0 aliphatic carbocycles. The zero-order valence-electron chi connectivity index (χ0n) is 18.3. The van der Waals surface area contributed by atoms with Gasteiger partial charge < -0.3 is 19.9 Å². The van der Waals surface area contributed by atoms with Gasteiger partial charge in [-0.25, -0.2) is 4.79 Å². The Bertz CT molecular complexity index is 629. The molecule has 0 aliphatic rings. The van der Waals surface area contributed by atoms with E-state index < -0.39 is 24.3 Å². The number of hydrogen-bond donors (Lipinski definition) is 1. The second-order valence-corrected chi connectivity index (χ2v) is 8.51. The molecule has 0 fully saturated rings. The first-order valence-electron chi connectivity index (χ1n) is 9.79. The molecule has 0 saturated heterocycles. The fraction of sp³-hybridized carbons (Fsp3) is 0.667. The molecule has 0 heterocycles. The molecule has 0 aliphatic heterocycles. The van der Waals surface area contributed by atoms with Gasteiger partial charge in [-0.2, -0.15) is 13.2 Å². The van der Waals surface area contributed by atoms with Crippen molar-refractivity contribution >= 4 is 6.03 Å². The third kappa shape index (κ3) is 9.87. The average Bonchev–Trinajstić information content (AvgIpc) is 2.59. The van der Waals surface area contributed by atoms with Gasteiger partial charge in [-0.15, -0.1) is 0 Å². The molecule has 1 N–H and O–H groups in total. The van der Waals surface area contributed by atoms with Crippen molar-refractivity contribution in [2.75, 3.05) is 33.8 Å². The van der Waals surface area contributed by atoms with Gasteiger partial charge in [0.15, 0.2) is 0 Å². The number of ether oxygens (including phenoxy) is 1. The van der Waals surface area contributed by atoms with Gasteiger partial charge in [0.25, 0.3) is 0 Å². The van der Waals surface area contributed by atoms with E-state index in [-0.39, 0.29) is 13.1 Å². The molecule has 0 aromatic heterocycles. The number of halogens is 3. The van der Waals surface area contributed by atoms with Crippen molar-refractivity contribution in [1.29, 1.82) is 0 Å². The van der Waals surface area contributed by atoms with E-state index in [1.165, 1.54) is 4.90 Å². The molecule has 1 rings (SSSR count). The highest BCUT2D eigenvalue weighted by Crippen LogP contribution is 2.19. The minimum Gasteiger partial charge on any atom is -0.494 e. The lowest BCUT2D eigenvalue weighted by molar-refractivity contribution is -0.123. The number of hydrogen-bond acceptors (Lipinski definition) is 3. The average molecular weight is 418 g/mol. The molecule has 5 nitrogen and oxygen atoms in total. The number of amides is 2. The Morgan fingerprint density at radius 1 is 1.14 bits per heavy atom. The second-order valence-electron chi connectivity index (χ2n) is 8.51. The topological polar surface area (TPSA) is 44.8 Å². The Kier molecular flexibility index (Phi) is 9.26. The van der Waals surface area contributed by atoms with Crippen molar-refractivity contribution in [1.82, 2.24) is 15.1 Å². The number of benzene rings is 1. The van der Waals surface area contributed by atoms with Crippen LogP contribution >= 0.6 is 0 Å². The highest BCUT2D eigenvalue weighted by molar-refractivity contribution is 5.74. The Morgan fingerprint density at radius 3 is 2.21 bits per heavy atom. The van der Waals surface area contributed by atoms with Crippen molar-refractivity contribution in [3.05, 3.63) is 29.8 Å². The molecule has 1 aromatic carbocycles. The summed E-state index contributed by atoms with van der Waals surface area (Å²) in [5.74, 6) is 1.29. The lowest BCUT2D eigenvalue weighted by Crippen LogP contribution is -2.53. The molecule has 0 spiro atoms. The number of carbonyl (C=O) groups is 1. The van der Waals surface area contributed by atoms with Crippen LogP contribution in [0.3, 0.4) is 0 Å². The fourth-order valence-electron chi connectivity index (χ4n) is 2.42. The van der Waals surface area contributed by atoms with E-state index in [0.29, 0.717) is 12.5 Å². The van der Waals surface area contributed by atoms with E-state index in [1.54, 1.807) is 0 Å². The number of nitrogens with zero attached hydrogens (tertiary/aromatic N) is 2. The van der Waals surface area contributed by atoms with Gasteiger partial charge >= 0.3 is 12.2 Å². The Labute approximate surface area is 172 Å². The van der Waals surface area contributed by atoms with Crippen LogP contribution in [-0.4, -0.2) is 61.3 Å². The molecule has 2 amide bonds. The summed E-state index contributed by atoms with van der Waals surface area (Å²) >= 11 is 0. The maximum atomic E-state index is 12.5. The first kappa shape index (κ1) is 25.1. The first-order valence-corrected chi connectivity index (χ1v) is 9.79. The maximum Gasteiger partial charge on any atom is 0.405 e. The standard InChI is InChI=1S/C21H34F3N3O2/c1-16(2)11-12-29-18-9-7-17(8-10-18)13-27(15-20(3,4)26(5)6)19(28)25-14-21(22,23)24/h7-10,16H,11-15H2,1-6H3,(H,25,28). The molecule has 29 heavy (non-hydrogen) atoms. The third-order valence-electron chi connectivity index (χ3n) is 4.78. The summed E-state index contributed by atoms with van der Waals surface area (Å²) in [5.41, 5.74) is 0.410. The smallest absolute Gasteiger partial charge is 0.405 e. The highest BCUT2D eigenvalue weighted by atomic mass is 19.4. The highest BCUT2D eigenvalue weighted by Gasteiger charge is 2.31. The van der Waals surface area contributed by atoms with Crippen LogP contribution in [0.15, 0.2) is 24.3 Å². The van der Waals surface area contributed by atoms with Gasteiger partial charge in [0.2, 0.25) is 0 Å². The molecule has 0 saturated carbocycles. The quantitative estimate of drug-likeness (QED) is 0.609. The monoisotopic (exact) mass is 417 g/mol. The van der Waals surface area contributed by atoms with Crippen LogP contribution in [0, 0.1) is 5.92 Å². The third-order valence-corrected chi connectivity index (χ3v) is 4.78. The Morgan fingerprint density at radius 2 is 1.72 bits per heavy atom. The number of urea groups is 1. The predicted molar refractivity (Wildman–Crippen MR) is 109 cm³/mol. The summed E-state index contributed by atoms with van der Waals surface area (Å²) in [5, 5.41) is 1.97. The zero-order chi connectivity index (χ0) is 22.2. The van der Waals surface area contributed by atoms with Crippen LogP contribution in [0.5, 0.6) is 5.75 Å². The summed E-state index contributed by atoms with van der Waals surface area (Å²) < 4.78 is 43.2.